The summed E-state index contributed by atoms with van der Waals surface area (Å²) in [6.45, 7) is 2.26. The zero-order valence-corrected chi connectivity index (χ0v) is 12.1. The summed E-state index contributed by atoms with van der Waals surface area (Å²) >= 11 is 0. The van der Waals surface area contributed by atoms with Crippen LogP contribution in [-0.2, 0) is 6.42 Å². The molecule has 2 rings (SSSR count). The fourth-order valence-corrected chi connectivity index (χ4v) is 2.67. The molecule has 0 aliphatic heterocycles. The fraction of sp³-hybridized carbons (Fsp3) is 0.444. The second-order valence-electron chi connectivity index (χ2n) is 5.13. The largest absolute Gasteiger partial charge is 0.496 e. The Kier molecular flexibility index (Phi) is 5.26. The fourth-order valence-electron chi connectivity index (χ4n) is 2.67. The van der Waals surface area contributed by atoms with Crippen LogP contribution in [0.1, 0.15) is 44.6 Å². The van der Waals surface area contributed by atoms with E-state index in [4.69, 9.17) is 4.74 Å². The average Bonchev–Trinajstić information content (AvgIpc) is 2.47. The number of hydrogen-bond acceptors (Lipinski definition) is 1. The number of methoxy groups -OCH3 is 1. The zero-order chi connectivity index (χ0) is 13.5. The van der Waals surface area contributed by atoms with Crippen molar-refractivity contribution in [2.75, 3.05) is 7.11 Å². The Morgan fingerprint density at radius 2 is 1.68 bits per heavy atom. The molecule has 0 bridgehead atoms. The van der Waals surface area contributed by atoms with Crippen LogP contribution in [-0.4, -0.2) is 7.11 Å². The van der Waals surface area contributed by atoms with E-state index in [9.17, 15) is 0 Å². The first-order valence-corrected chi connectivity index (χ1v) is 7.41. The second-order valence-corrected chi connectivity index (χ2v) is 5.13. The van der Waals surface area contributed by atoms with Crippen molar-refractivity contribution in [1.82, 2.24) is 0 Å². The summed E-state index contributed by atoms with van der Waals surface area (Å²) in [4.78, 5) is 0. The topological polar surface area (TPSA) is 9.23 Å². The Morgan fingerprint density at radius 1 is 0.895 bits per heavy atom. The monoisotopic (exact) mass is 256 g/mol. The van der Waals surface area contributed by atoms with Crippen LogP contribution in [0.2, 0.25) is 0 Å². The lowest BCUT2D eigenvalue weighted by Crippen LogP contribution is -1.94. The molecule has 0 N–H and O–H groups in total. The van der Waals surface area contributed by atoms with Crippen molar-refractivity contribution in [1.29, 1.82) is 0 Å². The van der Waals surface area contributed by atoms with Crippen molar-refractivity contribution < 1.29 is 4.74 Å². The van der Waals surface area contributed by atoms with Gasteiger partial charge in [0.1, 0.15) is 5.75 Å². The maximum absolute atomic E-state index is 5.53. The normalized spacial score (nSPS) is 10.8. The summed E-state index contributed by atoms with van der Waals surface area (Å²) in [7, 11) is 1.77. The van der Waals surface area contributed by atoms with Gasteiger partial charge in [-0.1, -0.05) is 62.9 Å². The van der Waals surface area contributed by atoms with Gasteiger partial charge < -0.3 is 4.74 Å². The molecule has 0 heterocycles. The van der Waals surface area contributed by atoms with Gasteiger partial charge in [-0.15, -0.1) is 0 Å². The molecule has 0 atom stereocenters. The Labute approximate surface area is 116 Å². The maximum Gasteiger partial charge on any atom is 0.122 e. The minimum absolute atomic E-state index is 1.04. The number of rotatable bonds is 7. The SMILES string of the molecule is CCCCCCCc1c(OC)ccc2ccccc12. The predicted molar refractivity (Wildman–Crippen MR) is 83.0 cm³/mol. The van der Waals surface area contributed by atoms with E-state index in [0.717, 1.165) is 12.2 Å². The van der Waals surface area contributed by atoms with Crippen LogP contribution in [0, 0.1) is 0 Å². The summed E-state index contributed by atoms with van der Waals surface area (Å²) < 4.78 is 5.53. The number of unbranched alkanes of at least 4 members (excludes halogenated alkanes) is 4. The first-order chi connectivity index (χ1) is 9.36. The third-order valence-corrected chi connectivity index (χ3v) is 3.75. The second kappa shape index (κ2) is 7.18. The molecule has 0 aromatic heterocycles. The molecule has 2 aromatic rings. The Hall–Kier alpha value is -1.50. The molecule has 0 radical (unpaired) electrons. The van der Waals surface area contributed by atoms with Crippen LogP contribution in [0.15, 0.2) is 36.4 Å². The van der Waals surface area contributed by atoms with E-state index in [2.05, 4.69) is 43.3 Å². The smallest absolute Gasteiger partial charge is 0.122 e. The van der Waals surface area contributed by atoms with Crippen molar-refractivity contribution in [2.45, 2.75) is 45.4 Å². The Morgan fingerprint density at radius 3 is 2.47 bits per heavy atom. The lowest BCUT2D eigenvalue weighted by molar-refractivity contribution is 0.409. The van der Waals surface area contributed by atoms with Gasteiger partial charge in [0.15, 0.2) is 0 Å². The molecule has 0 amide bonds. The van der Waals surface area contributed by atoms with Gasteiger partial charge >= 0.3 is 0 Å². The minimum atomic E-state index is 1.04. The highest BCUT2D eigenvalue weighted by molar-refractivity contribution is 5.87. The van der Waals surface area contributed by atoms with E-state index in [1.165, 1.54) is 48.4 Å². The van der Waals surface area contributed by atoms with Gasteiger partial charge in [0.25, 0.3) is 0 Å². The number of benzene rings is 2. The molecule has 0 saturated carbocycles. The molecule has 0 fully saturated rings. The maximum atomic E-state index is 5.53. The van der Waals surface area contributed by atoms with Gasteiger partial charge in [-0.25, -0.2) is 0 Å². The van der Waals surface area contributed by atoms with Crippen molar-refractivity contribution >= 4 is 10.8 Å². The van der Waals surface area contributed by atoms with Gasteiger partial charge in [-0.2, -0.15) is 0 Å². The van der Waals surface area contributed by atoms with Crippen molar-refractivity contribution in [3.63, 3.8) is 0 Å². The van der Waals surface area contributed by atoms with Crippen LogP contribution in [0.3, 0.4) is 0 Å². The lowest BCUT2D eigenvalue weighted by atomic mass is 9.98. The number of hydrogen-bond donors (Lipinski definition) is 0. The van der Waals surface area contributed by atoms with Gasteiger partial charge in [0, 0.05) is 5.56 Å². The van der Waals surface area contributed by atoms with E-state index < -0.39 is 0 Å². The highest BCUT2D eigenvalue weighted by Gasteiger charge is 2.07. The van der Waals surface area contributed by atoms with Crippen molar-refractivity contribution in [2.24, 2.45) is 0 Å². The predicted octanol–water partition coefficient (Wildman–Crippen LogP) is 5.36. The van der Waals surface area contributed by atoms with Crippen molar-refractivity contribution in [3.8, 4) is 5.75 Å². The van der Waals surface area contributed by atoms with Crippen LogP contribution >= 0.6 is 0 Å². The molecule has 0 saturated heterocycles. The summed E-state index contributed by atoms with van der Waals surface area (Å²) in [5, 5.41) is 2.66. The molecule has 0 unspecified atom stereocenters. The summed E-state index contributed by atoms with van der Waals surface area (Å²) in [6, 6.07) is 12.8. The van der Waals surface area contributed by atoms with Crippen LogP contribution in [0.4, 0.5) is 0 Å². The van der Waals surface area contributed by atoms with Crippen molar-refractivity contribution in [3.05, 3.63) is 42.0 Å². The van der Waals surface area contributed by atoms with Gasteiger partial charge in [-0.3, -0.25) is 0 Å². The zero-order valence-electron chi connectivity index (χ0n) is 12.1. The van der Waals surface area contributed by atoms with Crippen LogP contribution < -0.4 is 4.74 Å². The summed E-state index contributed by atoms with van der Waals surface area (Å²) in [5.41, 5.74) is 1.37. The average molecular weight is 256 g/mol. The lowest BCUT2D eigenvalue weighted by Gasteiger charge is -2.12. The number of aryl methyl sites for hydroxylation is 1. The van der Waals surface area contributed by atoms with E-state index >= 15 is 0 Å². The molecule has 0 aliphatic rings. The van der Waals surface area contributed by atoms with Gasteiger partial charge in [0.2, 0.25) is 0 Å². The number of fused-ring (bicyclic) bond motifs is 1. The molecule has 102 valence electrons. The first kappa shape index (κ1) is 13.9. The summed E-state index contributed by atoms with van der Waals surface area (Å²) in [6.07, 6.45) is 7.70. The van der Waals surface area contributed by atoms with Gasteiger partial charge in [0.05, 0.1) is 7.11 Å². The van der Waals surface area contributed by atoms with E-state index in [0.29, 0.717) is 0 Å². The van der Waals surface area contributed by atoms with Crippen LogP contribution in [0.5, 0.6) is 5.75 Å². The molecule has 1 nitrogen and oxygen atoms in total. The Bertz CT molecular complexity index is 516. The van der Waals surface area contributed by atoms with E-state index in [1.807, 2.05) is 0 Å². The molecule has 1 heteroatoms. The number of ether oxygens (including phenoxy) is 1. The molecule has 0 spiro atoms. The van der Waals surface area contributed by atoms with Crippen LogP contribution in [0.25, 0.3) is 10.8 Å². The Balaban J connectivity index is 2.14. The summed E-state index contributed by atoms with van der Waals surface area (Å²) in [5.74, 6) is 1.04. The molecular formula is C18H24O. The molecule has 0 aliphatic carbocycles. The molecular weight excluding hydrogens is 232 g/mol. The van der Waals surface area contributed by atoms with E-state index in [1.54, 1.807) is 7.11 Å². The third-order valence-electron chi connectivity index (χ3n) is 3.75. The highest BCUT2D eigenvalue weighted by atomic mass is 16.5. The quantitative estimate of drug-likeness (QED) is 0.606. The van der Waals surface area contributed by atoms with E-state index in [-0.39, 0.29) is 0 Å². The molecule has 19 heavy (non-hydrogen) atoms. The minimum Gasteiger partial charge on any atom is -0.496 e. The first-order valence-electron chi connectivity index (χ1n) is 7.41. The highest BCUT2D eigenvalue weighted by Crippen LogP contribution is 2.29. The van der Waals surface area contributed by atoms with Gasteiger partial charge in [-0.05, 0) is 29.7 Å². The molecule has 2 aromatic carbocycles. The standard InChI is InChI=1S/C18H24O/c1-3-4-5-6-7-12-17-16-11-9-8-10-15(16)13-14-18(17)19-2/h8-11,13-14H,3-7,12H2,1-2H3. The third kappa shape index (κ3) is 3.50.